The lowest BCUT2D eigenvalue weighted by Gasteiger charge is -2.62. The molecule has 2 saturated heterocycles. The van der Waals surface area contributed by atoms with Gasteiger partial charge in [0.1, 0.15) is 24.1 Å². The Balaban J connectivity index is 1.24. The number of phenols is 1. The molecule has 14 nitrogen and oxygen atoms in total. The van der Waals surface area contributed by atoms with Gasteiger partial charge in [-0.3, -0.25) is 19.9 Å². The van der Waals surface area contributed by atoms with Gasteiger partial charge in [-0.25, -0.2) is 4.79 Å². The third-order valence-corrected chi connectivity index (χ3v) is 14.6. The maximum absolute atomic E-state index is 14.9. The molecule has 7 aliphatic heterocycles. The molecule has 3 N–H and O–H groups in total. The lowest BCUT2D eigenvalue weighted by atomic mass is 9.71. The van der Waals surface area contributed by atoms with Crippen LogP contribution >= 0.6 is 11.8 Å². The minimum Gasteiger partial charge on any atom is -0.504 e. The first-order chi connectivity index (χ1) is 27.5. The van der Waals surface area contributed by atoms with E-state index >= 15 is 0 Å². The zero-order valence-corrected chi connectivity index (χ0v) is 33.3. The van der Waals surface area contributed by atoms with Crippen LogP contribution in [-0.4, -0.2) is 96.9 Å². The molecule has 8 heterocycles. The Morgan fingerprint density at radius 1 is 1.09 bits per heavy atom. The number of carbonyl (C=O) groups is 2. The number of aromatic hydroxyl groups is 1. The number of likely N-dealkylation sites (N-methyl/N-ethyl adjacent to an activating group) is 1. The number of carbonyl (C=O) groups excluding carboxylic acids is 2. The van der Waals surface area contributed by atoms with Crippen molar-refractivity contribution in [2.45, 2.75) is 74.6 Å². The molecule has 4 bridgehead atoms. The zero-order chi connectivity index (χ0) is 39.7. The molecule has 7 aliphatic rings. The van der Waals surface area contributed by atoms with Gasteiger partial charge >= 0.3 is 11.9 Å². The monoisotopic (exact) mass is 793 g/mol. The van der Waals surface area contributed by atoms with Gasteiger partial charge in [-0.2, -0.15) is 5.26 Å². The first-order valence-corrected chi connectivity index (χ1v) is 20.2. The molecule has 7 atom stereocenters. The number of rotatable bonds is 3. The molecule has 4 aromatic rings. The average molecular weight is 794 g/mol. The minimum absolute atomic E-state index is 0.0447. The van der Waals surface area contributed by atoms with E-state index in [-0.39, 0.29) is 30.9 Å². The van der Waals surface area contributed by atoms with Crippen molar-refractivity contribution in [2.24, 2.45) is 0 Å². The number of benzene rings is 3. The SMILES string of the molecule is COc1ccc2[nH]c3c(c2c1)CCN[C@]31CS[C@@H]2c3c(OC(C)=O)c(C)c4c(c3[C@H](COC1=O)N1C2[C@H]2c3c(cc(C)c(OC)c3O)C[C@@H]([C@@H]1C#N)N2C)OCO4. The number of nitriles is 1. The minimum atomic E-state index is -1.29. The fourth-order valence-corrected chi connectivity index (χ4v) is 12.4. The molecular formula is C42H43N5O9S. The van der Waals surface area contributed by atoms with Crippen molar-refractivity contribution in [3.05, 3.63) is 68.9 Å². The third kappa shape index (κ3) is 4.87. The molecule has 0 saturated carbocycles. The lowest BCUT2D eigenvalue weighted by molar-refractivity contribution is -0.157. The van der Waals surface area contributed by atoms with Crippen LogP contribution in [0.15, 0.2) is 24.3 Å². The average Bonchev–Trinajstić information content (AvgIpc) is 3.84. The molecule has 1 unspecified atom stereocenters. The summed E-state index contributed by atoms with van der Waals surface area (Å²) in [6.07, 6.45) is 1.19. The molecule has 0 aliphatic carbocycles. The Morgan fingerprint density at radius 3 is 2.65 bits per heavy atom. The number of phenolic OH excluding ortho intramolecular Hbond substituents is 1. The highest BCUT2D eigenvalue weighted by molar-refractivity contribution is 7.99. The molecule has 2 fully saturated rings. The van der Waals surface area contributed by atoms with E-state index in [0.717, 1.165) is 50.2 Å². The van der Waals surface area contributed by atoms with Gasteiger partial charge < -0.3 is 38.5 Å². The van der Waals surface area contributed by atoms with Gasteiger partial charge in [0.05, 0.1) is 43.3 Å². The van der Waals surface area contributed by atoms with E-state index in [1.165, 1.54) is 18.7 Å². The van der Waals surface area contributed by atoms with Crippen LogP contribution < -0.4 is 29.0 Å². The number of hydrogen-bond acceptors (Lipinski definition) is 14. The van der Waals surface area contributed by atoms with Gasteiger partial charge in [0, 0.05) is 64.5 Å². The number of nitrogens with zero attached hydrogens (tertiary/aromatic N) is 3. The van der Waals surface area contributed by atoms with Gasteiger partial charge in [0.2, 0.25) is 6.79 Å². The van der Waals surface area contributed by atoms with Gasteiger partial charge in [-0.05, 0) is 68.6 Å². The van der Waals surface area contributed by atoms with E-state index in [0.29, 0.717) is 53.5 Å². The standard InChI is InChI=1S/C42H43N5O9S/c1-18-11-21-12-26-27(14-43)47-28-15-53-41(50)42(40-23(9-10-44-42)24-13-22(51-5)7-8-25(24)45-40)16-57-39(33(47)32(46(26)4)29(21)34(49)35(18)52-6)31-30(28)38-37(54-17-55-38)19(2)36(31)56-20(3)48/h7-8,11,13,26-28,32-33,39,44-45,49H,9-10,12,15-17H2,1-6H3/t26-,27-,28-,32+,33?,39+,42+/m0/s1. The Kier molecular flexibility index (Phi) is 8.22. The van der Waals surface area contributed by atoms with E-state index in [1.807, 2.05) is 39.1 Å². The quantitative estimate of drug-likeness (QED) is 0.192. The van der Waals surface area contributed by atoms with E-state index < -0.39 is 46.9 Å². The number of H-pyrrole nitrogens is 1. The van der Waals surface area contributed by atoms with Crippen LogP contribution in [0.3, 0.4) is 0 Å². The molecule has 0 amide bonds. The summed E-state index contributed by atoms with van der Waals surface area (Å²) in [7, 11) is 5.20. The molecular weight excluding hydrogens is 751 g/mol. The number of fused-ring (bicyclic) bond motifs is 11. The number of piperazine rings is 1. The van der Waals surface area contributed by atoms with Crippen molar-refractivity contribution < 1.29 is 43.1 Å². The number of aromatic nitrogens is 1. The van der Waals surface area contributed by atoms with Crippen LogP contribution in [0.5, 0.6) is 34.5 Å². The Labute approximate surface area is 333 Å². The van der Waals surface area contributed by atoms with Crippen LogP contribution in [0.2, 0.25) is 0 Å². The molecule has 1 spiro atoms. The third-order valence-electron chi connectivity index (χ3n) is 13.1. The predicted molar refractivity (Wildman–Crippen MR) is 208 cm³/mol. The number of esters is 2. The van der Waals surface area contributed by atoms with E-state index in [2.05, 4.69) is 32.2 Å². The van der Waals surface area contributed by atoms with E-state index in [1.54, 1.807) is 14.2 Å². The molecule has 3 aromatic carbocycles. The highest BCUT2D eigenvalue weighted by Crippen LogP contribution is 2.64. The topological polar surface area (TPSA) is 168 Å². The summed E-state index contributed by atoms with van der Waals surface area (Å²) < 4.78 is 36.4. The van der Waals surface area contributed by atoms with Crippen LogP contribution in [0.25, 0.3) is 10.9 Å². The van der Waals surface area contributed by atoms with Gasteiger partial charge in [0.25, 0.3) is 0 Å². The summed E-state index contributed by atoms with van der Waals surface area (Å²) in [6, 6.07) is 7.96. The predicted octanol–water partition coefficient (Wildman–Crippen LogP) is 4.76. The highest BCUT2D eigenvalue weighted by Gasteiger charge is 2.62. The maximum Gasteiger partial charge on any atom is 0.333 e. The van der Waals surface area contributed by atoms with Crippen molar-refractivity contribution >= 4 is 34.6 Å². The second kappa shape index (κ2) is 12.9. The van der Waals surface area contributed by atoms with Crippen molar-refractivity contribution in [3.63, 3.8) is 0 Å². The van der Waals surface area contributed by atoms with Gasteiger partial charge in [-0.1, -0.05) is 6.07 Å². The van der Waals surface area contributed by atoms with Crippen molar-refractivity contribution in [1.29, 1.82) is 5.26 Å². The summed E-state index contributed by atoms with van der Waals surface area (Å²) in [5.41, 5.74) is 5.85. The normalized spacial score (nSPS) is 28.5. The van der Waals surface area contributed by atoms with Crippen molar-refractivity contribution in [2.75, 3.05) is 47.0 Å². The largest absolute Gasteiger partial charge is 0.504 e. The van der Waals surface area contributed by atoms with Gasteiger partial charge in [0.15, 0.2) is 28.5 Å². The van der Waals surface area contributed by atoms with Crippen LogP contribution in [0.4, 0.5) is 0 Å². The zero-order valence-electron chi connectivity index (χ0n) is 32.5. The van der Waals surface area contributed by atoms with Gasteiger partial charge in [-0.15, -0.1) is 11.8 Å². The lowest BCUT2D eigenvalue weighted by Crippen LogP contribution is -2.69. The van der Waals surface area contributed by atoms with Crippen LogP contribution in [0, 0.1) is 25.2 Å². The van der Waals surface area contributed by atoms with Crippen molar-refractivity contribution in [1.82, 2.24) is 20.1 Å². The summed E-state index contributed by atoms with van der Waals surface area (Å²) in [4.78, 5) is 35.9. The maximum atomic E-state index is 14.9. The first-order valence-electron chi connectivity index (χ1n) is 19.2. The highest BCUT2D eigenvalue weighted by atomic mass is 32.2. The van der Waals surface area contributed by atoms with Crippen molar-refractivity contribution in [3.8, 4) is 40.6 Å². The number of ether oxygens (including phenoxy) is 6. The second-order valence-electron chi connectivity index (χ2n) is 15.8. The number of methoxy groups -OCH3 is 2. The van der Waals surface area contributed by atoms with Crippen LogP contribution in [-0.2, 0) is 32.7 Å². The van der Waals surface area contributed by atoms with E-state index in [4.69, 9.17) is 28.4 Å². The second-order valence-corrected chi connectivity index (χ2v) is 16.9. The number of aryl methyl sites for hydroxylation is 1. The molecule has 57 heavy (non-hydrogen) atoms. The molecule has 1 aromatic heterocycles. The summed E-state index contributed by atoms with van der Waals surface area (Å²) >= 11 is 1.54. The van der Waals surface area contributed by atoms with E-state index in [9.17, 15) is 20.0 Å². The molecule has 11 rings (SSSR count). The Morgan fingerprint density at radius 2 is 1.89 bits per heavy atom. The number of hydrogen-bond donors (Lipinski definition) is 3. The Hall–Kier alpha value is -5.14. The fraction of sp³-hybridized carbons (Fsp3) is 0.452. The fourth-order valence-electron chi connectivity index (χ4n) is 10.8. The molecule has 296 valence electrons. The molecule has 15 heteroatoms. The number of thioether (sulfide) groups is 1. The first kappa shape index (κ1) is 36.2. The number of aromatic amines is 1. The smallest absolute Gasteiger partial charge is 0.333 e. The summed E-state index contributed by atoms with van der Waals surface area (Å²) in [5.74, 6) is 1.76. The van der Waals surface area contributed by atoms with Crippen LogP contribution in [0.1, 0.15) is 68.9 Å². The molecule has 0 radical (unpaired) electrons. The number of nitrogens with one attached hydrogen (secondary N) is 2. The summed E-state index contributed by atoms with van der Waals surface area (Å²) in [5, 5.41) is 27.3. The summed E-state index contributed by atoms with van der Waals surface area (Å²) in [6.45, 7) is 5.48. The Bertz CT molecular complexity index is 2460.